The van der Waals surface area contributed by atoms with Gasteiger partial charge in [-0.05, 0) is 36.4 Å². The predicted molar refractivity (Wildman–Crippen MR) is 151 cm³/mol. The van der Waals surface area contributed by atoms with E-state index in [4.69, 9.17) is 13.9 Å². The van der Waals surface area contributed by atoms with Gasteiger partial charge in [0.15, 0.2) is 11.2 Å². The van der Waals surface area contributed by atoms with Gasteiger partial charge >= 0.3 is 0 Å². The highest BCUT2D eigenvalue weighted by Crippen LogP contribution is 2.31. The molecule has 3 N–H and O–H groups in total. The van der Waals surface area contributed by atoms with E-state index >= 15 is 0 Å². The highest BCUT2D eigenvalue weighted by atomic mass is 32.1. The molecule has 208 valence electrons. The average molecular weight is 572 g/mol. The van der Waals surface area contributed by atoms with Crippen LogP contribution in [0, 0.1) is 12.1 Å². The van der Waals surface area contributed by atoms with Gasteiger partial charge in [-0.3, -0.25) is 10.1 Å². The van der Waals surface area contributed by atoms with E-state index in [2.05, 4.69) is 20.5 Å². The van der Waals surface area contributed by atoms with Crippen LogP contribution in [0.3, 0.4) is 0 Å². The first-order valence-electron chi connectivity index (χ1n) is 12.8. The zero-order chi connectivity index (χ0) is 28.3. The van der Waals surface area contributed by atoms with Crippen molar-refractivity contribution in [3.05, 3.63) is 94.8 Å². The first-order chi connectivity index (χ1) is 19.9. The van der Waals surface area contributed by atoms with Gasteiger partial charge in [-0.2, -0.15) is 0 Å². The first-order valence-corrected chi connectivity index (χ1v) is 13.7. The van der Waals surface area contributed by atoms with Crippen molar-refractivity contribution in [1.29, 1.82) is 0 Å². The second-order valence-electron chi connectivity index (χ2n) is 9.41. The van der Waals surface area contributed by atoms with Crippen molar-refractivity contribution in [2.24, 2.45) is 0 Å². The summed E-state index contributed by atoms with van der Waals surface area (Å²) in [6.07, 6.45) is -1.55. The molecule has 0 spiro atoms. The molecule has 1 saturated heterocycles. The molecule has 3 heterocycles. The molecular formula is C29H25N5O6S. The number of benzene rings is 3. The molecule has 1 aliphatic rings. The summed E-state index contributed by atoms with van der Waals surface area (Å²) >= 11 is 1.31. The van der Waals surface area contributed by atoms with Gasteiger partial charge in [0.25, 0.3) is 5.91 Å². The van der Waals surface area contributed by atoms with Crippen molar-refractivity contribution < 1.29 is 28.9 Å². The topological polar surface area (TPSA) is 147 Å². The lowest BCUT2D eigenvalue weighted by Gasteiger charge is -2.23. The zero-order valence-corrected chi connectivity index (χ0v) is 22.6. The van der Waals surface area contributed by atoms with Gasteiger partial charge in [0.2, 0.25) is 18.0 Å². The predicted octanol–water partition coefficient (Wildman–Crippen LogP) is 4.07. The number of nitrogens with zero attached hydrogens (tertiary/aromatic N) is 3. The van der Waals surface area contributed by atoms with Gasteiger partial charge < -0.3 is 29.3 Å². The minimum Gasteiger partial charge on any atom is -0.632 e. The molecule has 2 aromatic heterocycles. The van der Waals surface area contributed by atoms with Crippen LogP contribution >= 0.6 is 11.3 Å². The van der Waals surface area contributed by atoms with Gasteiger partial charge in [0.05, 0.1) is 12.2 Å². The molecule has 0 saturated carbocycles. The van der Waals surface area contributed by atoms with E-state index in [0.29, 0.717) is 34.8 Å². The van der Waals surface area contributed by atoms with Crippen LogP contribution in [0.15, 0.2) is 82.6 Å². The van der Waals surface area contributed by atoms with Gasteiger partial charge in [-0.25, -0.2) is 4.98 Å². The number of aryl methyl sites for hydroxylation is 1. The molecule has 1 aliphatic heterocycles. The van der Waals surface area contributed by atoms with Crippen molar-refractivity contribution in [1.82, 2.24) is 15.2 Å². The summed E-state index contributed by atoms with van der Waals surface area (Å²) < 4.78 is 17.5. The maximum Gasteiger partial charge on any atom is 0.257 e. The zero-order valence-electron chi connectivity index (χ0n) is 21.8. The van der Waals surface area contributed by atoms with Crippen molar-refractivity contribution in [2.45, 2.75) is 25.7 Å². The Hall–Kier alpha value is -4.62. The fraction of sp³-hybridized carbons (Fsp3) is 0.172. The number of nitrogens with one attached hydrogen (secondary N) is 2. The van der Waals surface area contributed by atoms with E-state index in [1.54, 1.807) is 49.4 Å². The number of quaternary nitrogens is 1. The highest BCUT2D eigenvalue weighted by Gasteiger charge is 2.34. The van der Waals surface area contributed by atoms with E-state index in [-0.39, 0.29) is 22.9 Å². The maximum atomic E-state index is 13.3. The van der Waals surface area contributed by atoms with Crippen LogP contribution in [0.1, 0.15) is 22.7 Å². The molecule has 3 aromatic carbocycles. The molecule has 12 heteroatoms. The minimum absolute atomic E-state index is 0.231. The molecule has 0 bridgehead atoms. The quantitative estimate of drug-likeness (QED) is 0.235. The number of hydroxylamine groups is 2. The summed E-state index contributed by atoms with van der Waals surface area (Å²) in [5.74, 6) is 1.55. The number of hydrogen-bond donors (Lipinski definition) is 3. The number of hydrogen-bond acceptors (Lipinski definition) is 10. The number of amides is 1. The van der Waals surface area contributed by atoms with Crippen molar-refractivity contribution in [3.63, 3.8) is 0 Å². The summed E-state index contributed by atoms with van der Waals surface area (Å²) in [4.78, 5) is 17.8. The fourth-order valence-corrected chi connectivity index (χ4v) is 5.10. The normalized spacial score (nSPS) is 18.3. The monoisotopic (exact) mass is 571 g/mol. The van der Waals surface area contributed by atoms with Crippen LogP contribution < -0.4 is 19.9 Å². The smallest absolute Gasteiger partial charge is 0.257 e. The average Bonchev–Trinajstić information content (AvgIpc) is 3.71. The number of rotatable bonds is 8. The van der Waals surface area contributed by atoms with E-state index in [9.17, 15) is 15.1 Å². The van der Waals surface area contributed by atoms with Crippen LogP contribution in [0.5, 0.6) is 17.2 Å². The number of aliphatic hydroxyl groups excluding tert-OH is 1. The fourth-order valence-electron chi connectivity index (χ4n) is 4.38. The molecule has 0 aliphatic carbocycles. The lowest BCUT2D eigenvalue weighted by molar-refractivity contribution is -0.887. The summed E-state index contributed by atoms with van der Waals surface area (Å²) in [6.45, 7) is 1.95. The summed E-state index contributed by atoms with van der Waals surface area (Å²) in [6, 6.07) is 21.4. The molecule has 1 fully saturated rings. The summed E-state index contributed by atoms with van der Waals surface area (Å²) in [7, 11) is 0. The Balaban J connectivity index is 1.24. The Morgan fingerprint density at radius 1 is 1.05 bits per heavy atom. The maximum absolute atomic E-state index is 13.3. The number of aliphatic hydroxyl groups is 1. The Bertz CT molecular complexity index is 1660. The number of thiazole rings is 1. The molecule has 3 unspecified atom stereocenters. The van der Waals surface area contributed by atoms with Crippen molar-refractivity contribution in [3.8, 4) is 40.0 Å². The summed E-state index contributed by atoms with van der Waals surface area (Å²) in [5.41, 5.74) is 2.69. The molecule has 3 atom stereocenters. The molecule has 11 nitrogen and oxygen atoms in total. The van der Waals surface area contributed by atoms with Crippen molar-refractivity contribution >= 4 is 22.4 Å². The third kappa shape index (κ3) is 6.10. The van der Waals surface area contributed by atoms with Crippen LogP contribution in [-0.2, 0) is 0 Å². The van der Waals surface area contributed by atoms with Crippen LogP contribution in [0.25, 0.3) is 22.7 Å². The Labute approximate surface area is 238 Å². The molecule has 0 radical (unpaired) electrons. The molecule has 6 rings (SSSR count). The van der Waals surface area contributed by atoms with Gasteiger partial charge in [0, 0.05) is 41.5 Å². The first kappa shape index (κ1) is 26.6. The second kappa shape index (κ2) is 11.5. The van der Waals surface area contributed by atoms with E-state index in [1.807, 2.05) is 35.7 Å². The van der Waals surface area contributed by atoms with E-state index < -0.39 is 18.2 Å². The number of carbonyl (C=O) groups is 1. The number of ether oxygens (including phenoxy) is 2. The molecule has 1 amide bonds. The largest absolute Gasteiger partial charge is 0.632 e. The SMILES string of the molecule is Cc1nnc(-c2ccc(Oc3cc(OC4CC[NH+]([O-])C4O)cc(C(=O)Nc4nc(-c5ccccc5)cs4)c3)cc2)o1. The van der Waals surface area contributed by atoms with E-state index in [1.165, 1.54) is 11.3 Å². The van der Waals surface area contributed by atoms with Gasteiger partial charge in [0.1, 0.15) is 17.2 Å². The molecule has 5 aromatic rings. The number of carbonyl (C=O) groups excluding carboxylic acids is 1. The van der Waals surface area contributed by atoms with Crippen LogP contribution in [-0.4, -0.2) is 45.1 Å². The van der Waals surface area contributed by atoms with Gasteiger partial charge in [-0.15, -0.1) is 21.5 Å². The Morgan fingerprint density at radius 2 is 1.83 bits per heavy atom. The minimum atomic E-state index is -1.22. The standard InChI is InChI=1S/C29H25N5O6S/c1-17-32-33-27(38-17)19-7-9-21(10-8-19)39-22-13-20(14-23(15-22)40-25-11-12-34(37)28(25)36)26(35)31-29-30-24(16-41-29)18-5-3-2-4-6-18/h2-10,13-16,25,28,34,36H,11-12H2,1H3,(H,30,31,35). The third-order valence-corrected chi connectivity index (χ3v) is 7.20. The highest BCUT2D eigenvalue weighted by molar-refractivity contribution is 7.14. The second-order valence-corrected chi connectivity index (χ2v) is 10.3. The van der Waals surface area contributed by atoms with Crippen LogP contribution in [0.4, 0.5) is 5.13 Å². The van der Waals surface area contributed by atoms with E-state index in [0.717, 1.165) is 16.8 Å². The number of anilines is 1. The van der Waals surface area contributed by atoms with Crippen LogP contribution in [0.2, 0.25) is 0 Å². The lowest BCUT2D eigenvalue weighted by atomic mass is 10.1. The Morgan fingerprint density at radius 3 is 2.54 bits per heavy atom. The number of aromatic nitrogens is 3. The third-order valence-electron chi connectivity index (χ3n) is 6.44. The van der Waals surface area contributed by atoms with Gasteiger partial charge in [-0.1, -0.05) is 30.3 Å². The molecular weight excluding hydrogens is 546 g/mol. The summed E-state index contributed by atoms with van der Waals surface area (Å²) in [5, 5.41) is 34.8. The molecule has 41 heavy (non-hydrogen) atoms. The lowest BCUT2D eigenvalue weighted by Crippen LogP contribution is -3.09. The van der Waals surface area contributed by atoms with Crippen molar-refractivity contribution in [2.75, 3.05) is 11.9 Å². The Kier molecular flexibility index (Phi) is 7.44.